The summed E-state index contributed by atoms with van der Waals surface area (Å²) in [6, 6.07) is 21.5. The molecule has 0 aliphatic carbocycles. The molecule has 0 N–H and O–H groups in total. The van der Waals surface area contributed by atoms with Crippen LogP contribution in [0.25, 0.3) is 17.1 Å². The molecule has 214 valence electrons. The minimum atomic E-state index is -1.31. The molecule has 0 radical (unpaired) electrons. The van der Waals surface area contributed by atoms with Crippen molar-refractivity contribution in [3.05, 3.63) is 102 Å². The molecule has 11 heteroatoms. The van der Waals surface area contributed by atoms with Crippen molar-refractivity contribution in [1.82, 2.24) is 14.8 Å². The number of benzene rings is 3. The van der Waals surface area contributed by atoms with Crippen LogP contribution in [0.15, 0.2) is 83.4 Å². The smallest absolute Gasteiger partial charge is 0.244 e. The van der Waals surface area contributed by atoms with Gasteiger partial charge in [0.15, 0.2) is 17.8 Å². The lowest BCUT2D eigenvalue weighted by Gasteiger charge is -2.12. The van der Waals surface area contributed by atoms with Gasteiger partial charge >= 0.3 is 0 Å². The topological polar surface area (TPSA) is 138 Å². The van der Waals surface area contributed by atoms with Gasteiger partial charge in [-0.2, -0.15) is 0 Å². The fraction of sp³-hybridized carbons (Fsp3) is 0.161. The van der Waals surface area contributed by atoms with Gasteiger partial charge in [0.1, 0.15) is 37.0 Å². The van der Waals surface area contributed by atoms with Gasteiger partial charge in [-0.05, 0) is 55.0 Å². The number of aldehydes is 1. The van der Waals surface area contributed by atoms with E-state index in [9.17, 15) is 14.7 Å². The van der Waals surface area contributed by atoms with E-state index in [0.717, 1.165) is 11.3 Å². The number of hydrogen-bond acceptors (Lipinski definition) is 10. The first-order chi connectivity index (χ1) is 20.4. The van der Waals surface area contributed by atoms with E-state index in [1.807, 2.05) is 36.4 Å². The second-order valence-corrected chi connectivity index (χ2v) is 9.06. The number of methoxy groups -OCH3 is 1. The summed E-state index contributed by atoms with van der Waals surface area (Å²) in [5.41, 5.74) is 3.13. The van der Waals surface area contributed by atoms with Gasteiger partial charge in [0.2, 0.25) is 11.8 Å². The molecule has 0 fully saturated rings. The van der Waals surface area contributed by atoms with E-state index >= 15 is 0 Å². The van der Waals surface area contributed by atoms with Crippen molar-refractivity contribution in [1.29, 1.82) is 0 Å². The average Bonchev–Trinajstić information content (AvgIpc) is 3.61. The van der Waals surface area contributed by atoms with Gasteiger partial charge in [-0.15, -0.1) is 5.10 Å². The maximum absolute atomic E-state index is 11.6. The molecule has 0 saturated heterocycles. The van der Waals surface area contributed by atoms with Crippen molar-refractivity contribution >= 4 is 12.3 Å². The van der Waals surface area contributed by atoms with E-state index < -0.39 is 12.6 Å². The van der Waals surface area contributed by atoms with Crippen LogP contribution >= 0.6 is 0 Å². The molecule has 0 amide bonds. The highest BCUT2D eigenvalue weighted by Crippen LogP contribution is 2.31. The number of carbonyl (C=O) groups excluding carboxylic acids is 2. The Morgan fingerprint density at radius 1 is 0.976 bits per heavy atom. The van der Waals surface area contributed by atoms with Crippen LogP contribution in [-0.2, 0) is 18.0 Å². The second kappa shape index (κ2) is 12.7. The Bertz CT molecular complexity index is 1690. The lowest BCUT2D eigenvalue weighted by atomic mass is 10.2. The highest BCUT2D eigenvalue weighted by atomic mass is 16.5. The van der Waals surface area contributed by atoms with Crippen molar-refractivity contribution < 1.29 is 38.1 Å². The molecular weight excluding hydrogens is 542 g/mol. The molecule has 0 bridgehead atoms. The predicted octanol–water partition coefficient (Wildman–Crippen LogP) is 3.94. The number of aryl methyl sites for hydroxylation is 1. The van der Waals surface area contributed by atoms with Crippen molar-refractivity contribution in [2.75, 3.05) is 13.7 Å². The Hall–Kier alpha value is -5.58. The molecular formula is C31H26N3O8-. The normalized spacial score (nSPS) is 10.7. The number of aliphatic carboxylic acids is 1. The van der Waals surface area contributed by atoms with Crippen LogP contribution in [0.3, 0.4) is 0 Å². The Kier molecular flexibility index (Phi) is 8.47. The van der Waals surface area contributed by atoms with Gasteiger partial charge in [-0.1, -0.05) is 30.3 Å². The first kappa shape index (κ1) is 28.0. The summed E-state index contributed by atoms with van der Waals surface area (Å²) in [4.78, 5) is 26.8. The van der Waals surface area contributed by atoms with Gasteiger partial charge in [0.05, 0.1) is 24.3 Å². The summed E-state index contributed by atoms with van der Waals surface area (Å²) < 4.78 is 30.0. The molecule has 11 nitrogen and oxygen atoms in total. The van der Waals surface area contributed by atoms with Gasteiger partial charge in [0.25, 0.3) is 0 Å². The summed E-state index contributed by atoms with van der Waals surface area (Å²) in [5.74, 6) is 1.15. The van der Waals surface area contributed by atoms with Crippen LogP contribution in [0, 0.1) is 6.92 Å². The molecule has 2 heterocycles. The lowest BCUT2D eigenvalue weighted by Crippen LogP contribution is -2.28. The fourth-order valence-corrected chi connectivity index (χ4v) is 4.04. The molecule has 0 saturated carbocycles. The van der Waals surface area contributed by atoms with Crippen LogP contribution in [0.1, 0.15) is 27.4 Å². The molecule has 0 atom stereocenters. The van der Waals surface area contributed by atoms with E-state index in [0.29, 0.717) is 52.0 Å². The Labute approximate surface area is 240 Å². The second-order valence-electron chi connectivity index (χ2n) is 9.06. The van der Waals surface area contributed by atoms with Gasteiger partial charge < -0.3 is 33.3 Å². The molecule has 42 heavy (non-hydrogen) atoms. The third kappa shape index (κ3) is 6.58. The van der Waals surface area contributed by atoms with Gasteiger partial charge in [0, 0.05) is 11.8 Å². The number of hydrogen-bond donors (Lipinski definition) is 0. The number of para-hydroxylation sites is 1. The van der Waals surface area contributed by atoms with Crippen LogP contribution in [0.4, 0.5) is 0 Å². The first-order valence-corrected chi connectivity index (χ1v) is 12.9. The zero-order chi connectivity index (χ0) is 29.5. The number of rotatable bonds is 13. The number of oxazole rings is 1. The number of aromatic nitrogens is 3. The standard InChI is InChI=1S/C31H27N3O8/c1-20-26(32-30(42-20)22-7-6-10-25(14-22)39-19-29(36)37)18-40-27-12-11-21(13-28(27)38-2)17-41-31-23(16-35)15-34(33-31)24-8-4-3-5-9-24/h3-16H,17-19H2,1-2H3,(H,36,37)/p-1. The summed E-state index contributed by atoms with van der Waals surface area (Å²) in [6.07, 6.45) is 2.33. The highest BCUT2D eigenvalue weighted by Gasteiger charge is 2.16. The molecule has 0 unspecified atom stereocenters. The number of carboxylic acids is 1. The summed E-state index contributed by atoms with van der Waals surface area (Å²) >= 11 is 0. The Morgan fingerprint density at radius 2 is 1.81 bits per heavy atom. The molecule has 5 aromatic rings. The lowest BCUT2D eigenvalue weighted by molar-refractivity contribution is -0.307. The number of nitrogens with zero attached hydrogens (tertiary/aromatic N) is 3. The molecule has 5 rings (SSSR count). The molecule has 0 aliphatic heterocycles. The Balaban J connectivity index is 1.24. The molecule has 0 aliphatic rings. The third-order valence-corrected chi connectivity index (χ3v) is 6.15. The monoisotopic (exact) mass is 568 g/mol. The predicted molar refractivity (Wildman–Crippen MR) is 148 cm³/mol. The van der Waals surface area contributed by atoms with Crippen LogP contribution in [-0.4, -0.2) is 40.7 Å². The van der Waals surface area contributed by atoms with Crippen LogP contribution in [0.5, 0.6) is 23.1 Å². The van der Waals surface area contributed by atoms with Crippen LogP contribution in [0.2, 0.25) is 0 Å². The number of carbonyl (C=O) groups is 2. The minimum Gasteiger partial charge on any atom is -0.546 e. The van der Waals surface area contributed by atoms with Crippen molar-refractivity contribution in [2.45, 2.75) is 20.1 Å². The maximum atomic E-state index is 11.6. The third-order valence-electron chi connectivity index (χ3n) is 6.15. The number of carboxylic acid groups (broad SMARTS) is 1. The average molecular weight is 569 g/mol. The maximum Gasteiger partial charge on any atom is 0.244 e. The van der Waals surface area contributed by atoms with E-state index in [2.05, 4.69) is 10.1 Å². The van der Waals surface area contributed by atoms with Crippen molar-refractivity contribution in [2.24, 2.45) is 0 Å². The summed E-state index contributed by atoms with van der Waals surface area (Å²) in [5, 5.41) is 15.1. The van der Waals surface area contributed by atoms with E-state index in [1.165, 1.54) is 7.11 Å². The number of ether oxygens (including phenoxy) is 4. The molecule has 3 aromatic carbocycles. The largest absolute Gasteiger partial charge is 0.546 e. The highest BCUT2D eigenvalue weighted by molar-refractivity contribution is 5.78. The van der Waals surface area contributed by atoms with E-state index in [1.54, 1.807) is 54.2 Å². The first-order valence-electron chi connectivity index (χ1n) is 12.9. The Morgan fingerprint density at radius 3 is 2.57 bits per heavy atom. The van der Waals surface area contributed by atoms with E-state index in [-0.39, 0.29) is 19.1 Å². The van der Waals surface area contributed by atoms with Crippen molar-refractivity contribution in [3.63, 3.8) is 0 Å². The van der Waals surface area contributed by atoms with Gasteiger partial charge in [-0.3, -0.25) is 4.79 Å². The SMILES string of the molecule is COc1cc(COc2nn(-c3ccccc3)cc2C=O)ccc1OCc1nc(-c2cccc(OCC(=O)[O-])c2)oc1C. The quantitative estimate of drug-likeness (QED) is 0.192. The van der Waals surface area contributed by atoms with Crippen molar-refractivity contribution in [3.8, 4) is 40.3 Å². The van der Waals surface area contributed by atoms with E-state index in [4.69, 9.17) is 23.4 Å². The molecule has 0 spiro atoms. The van der Waals surface area contributed by atoms with Crippen LogP contribution < -0.4 is 24.1 Å². The summed E-state index contributed by atoms with van der Waals surface area (Å²) in [7, 11) is 1.54. The van der Waals surface area contributed by atoms with Gasteiger partial charge in [-0.25, -0.2) is 9.67 Å². The minimum absolute atomic E-state index is 0.113. The molecule has 2 aromatic heterocycles. The fourth-order valence-electron chi connectivity index (χ4n) is 4.04. The zero-order valence-electron chi connectivity index (χ0n) is 22.8. The summed E-state index contributed by atoms with van der Waals surface area (Å²) in [6.45, 7) is 1.48. The zero-order valence-corrected chi connectivity index (χ0v) is 22.8.